The van der Waals surface area contributed by atoms with Crippen molar-refractivity contribution in [3.8, 4) is 0 Å². The first-order valence-electron chi connectivity index (χ1n) is 5.13. The molecule has 0 saturated carbocycles. The molecule has 2 rings (SSSR count). The van der Waals surface area contributed by atoms with E-state index in [2.05, 4.69) is 25.7 Å². The number of carbonyl (C=O) groups excluding carboxylic acids is 1. The Labute approximate surface area is 111 Å². The number of carbonyl (C=O) groups is 2. The number of amides is 2. The molecule has 0 bridgehead atoms. The second kappa shape index (κ2) is 5.44. The van der Waals surface area contributed by atoms with Crippen molar-refractivity contribution in [3.05, 3.63) is 22.4 Å². The Morgan fingerprint density at radius 3 is 2.89 bits per heavy atom. The molecular formula is C9H10N6O3S. The van der Waals surface area contributed by atoms with Crippen molar-refractivity contribution < 1.29 is 14.7 Å². The maximum atomic E-state index is 11.5. The van der Waals surface area contributed by atoms with Crippen molar-refractivity contribution in [2.45, 2.75) is 6.54 Å². The molecule has 19 heavy (non-hydrogen) atoms. The van der Waals surface area contributed by atoms with E-state index in [1.54, 1.807) is 7.05 Å². The lowest BCUT2D eigenvalue weighted by molar-refractivity contribution is 0.0691. The summed E-state index contributed by atoms with van der Waals surface area (Å²) in [4.78, 5) is 29.8. The Morgan fingerprint density at radius 1 is 1.53 bits per heavy atom. The minimum atomic E-state index is -1.09. The fourth-order valence-electron chi connectivity index (χ4n) is 1.20. The van der Waals surface area contributed by atoms with Gasteiger partial charge in [0, 0.05) is 12.4 Å². The SMILES string of the molecule is Cn1ncnc1NC(=O)NCc1nc(C(=O)O)cs1. The summed E-state index contributed by atoms with van der Waals surface area (Å²) in [5, 5.41) is 19.5. The fraction of sp³-hybridized carbons (Fsp3) is 0.222. The molecule has 0 radical (unpaired) electrons. The number of nitrogens with one attached hydrogen (secondary N) is 2. The molecule has 0 fully saturated rings. The van der Waals surface area contributed by atoms with E-state index in [0.717, 1.165) is 11.3 Å². The van der Waals surface area contributed by atoms with Crippen molar-refractivity contribution in [1.29, 1.82) is 0 Å². The van der Waals surface area contributed by atoms with Gasteiger partial charge in [-0.05, 0) is 0 Å². The summed E-state index contributed by atoms with van der Waals surface area (Å²) < 4.78 is 1.41. The summed E-state index contributed by atoms with van der Waals surface area (Å²) in [5.41, 5.74) is -0.0319. The highest BCUT2D eigenvalue weighted by Gasteiger charge is 2.10. The average molecular weight is 282 g/mol. The average Bonchev–Trinajstić information content (AvgIpc) is 2.97. The number of hydrogen-bond acceptors (Lipinski definition) is 6. The first-order valence-corrected chi connectivity index (χ1v) is 6.01. The molecule has 0 aromatic carbocycles. The van der Waals surface area contributed by atoms with E-state index in [0.29, 0.717) is 11.0 Å². The van der Waals surface area contributed by atoms with Crippen molar-refractivity contribution in [3.63, 3.8) is 0 Å². The zero-order chi connectivity index (χ0) is 13.8. The van der Waals surface area contributed by atoms with Crippen LogP contribution in [0.15, 0.2) is 11.7 Å². The van der Waals surface area contributed by atoms with E-state index in [9.17, 15) is 9.59 Å². The molecule has 2 aromatic heterocycles. The number of carboxylic acid groups (broad SMARTS) is 1. The van der Waals surface area contributed by atoms with Crippen LogP contribution in [0.4, 0.5) is 10.7 Å². The van der Waals surface area contributed by atoms with Gasteiger partial charge in [-0.15, -0.1) is 11.3 Å². The van der Waals surface area contributed by atoms with Gasteiger partial charge in [-0.2, -0.15) is 10.1 Å². The zero-order valence-electron chi connectivity index (χ0n) is 9.82. The Balaban J connectivity index is 1.86. The van der Waals surface area contributed by atoms with Crippen LogP contribution < -0.4 is 10.6 Å². The number of anilines is 1. The maximum absolute atomic E-state index is 11.5. The third kappa shape index (κ3) is 3.25. The zero-order valence-corrected chi connectivity index (χ0v) is 10.6. The lowest BCUT2D eigenvalue weighted by Crippen LogP contribution is -2.29. The molecule has 0 aliphatic heterocycles. The van der Waals surface area contributed by atoms with Crippen LogP contribution >= 0.6 is 11.3 Å². The molecule has 0 saturated heterocycles. The highest BCUT2D eigenvalue weighted by atomic mass is 32.1. The van der Waals surface area contributed by atoms with Gasteiger partial charge in [-0.1, -0.05) is 0 Å². The standard InChI is InChI=1S/C9H10N6O3S/c1-15-8(11-4-12-15)14-9(18)10-2-6-13-5(3-19-6)7(16)17/h3-4H,2H2,1H3,(H,16,17)(H2,10,11,12,14,18). The van der Waals surface area contributed by atoms with Crippen molar-refractivity contribution >= 4 is 29.3 Å². The highest BCUT2D eigenvalue weighted by molar-refractivity contribution is 7.09. The normalized spacial score (nSPS) is 10.2. The number of urea groups is 1. The number of aryl methyl sites for hydroxylation is 1. The van der Waals surface area contributed by atoms with Crippen molar-refractivity contribution in [1.82, 2.24) is 25.1 Å². The summed E-state index contributed by atoms with van der Waals surface area (Å²) in [6.07, 6.45) is 1.32. The van der Waals surface area contributed by atoms with Crippen LogP contribution in [0.5, 0.6) is 0 Å². The number of thiazole rings is 1. The Bertz CT molecular complexity index is 607. The van der Waals surface area contributed by atoms with E-state index in [1.165, 1.54) is 16.4 Å². The smallest absolute Gasteiger partial charge is 0.355 e. The maximum Gasteiger partial charge on any atom is 0.355 e. The van der Waals surface area contributed by atoms with Crippen molar-refractivity contribution in [2.75, 3.05) is 5.32 Å². The number of nitrogens with zero attached hydrogens (tertiary/aromatic N) is 4. The van der Waals surface area contributed by atoms with Crippen LogP contribution in [0.25, 0.3) is 0 Å². The van der Waals surface area contributed by atoms with Crippen LogP contribution in [-0.2, 0) is 13.6 Å². The molecule has 0 atom stereocenters. The molecule has 2 aromatic rings. The molecule has 0 unspecified atom stereocenters. The monoisotopic (exact) mass is 282 g/mol. The molecule has 10 heteroatoms. The summed E-state index contributed by atoms with van der Waals surface area (Å²) >= 11 is 1.16. The van der Waals surface area contributed by atoms with Crippen LogP contribution in [-0.4, -0.2) is 36.9 Å². The van der Waals surface area contributed by atoms with Gasteiger partial charge in [0.2, 0.25) is 5.95 Å². The second-order valence-electron chi connectivity index (χ2n) is 3.45. The summed E-state index contributed by atoms with van der Waals surface area (Å²) in [5.74, 6) is -0.783. The summed E-state index contributed by atoms with van der Waals surface area (Å²) in [7, 11) is 1.64. The molecular weight excluding hydrogens is 272 g/mol. The summed E-state index contributed by atoms with van der Waals surface area (Å²) in [6, 6.07) is -0.469. The van der Waals surface area contributed by atoms with Crippen LogP contribution in [0.1, 0.15) is 15.5 Å². The van der Waals surface area contributed by atoms with Crippen molar-refractivity contribution in [2.24, 2.45) is 7.05 Å². The van der Waals surface area contributed by atoms with E-state index in [4.69, 9.17) is 5.11 Å². The van der Waals surface area contributed by atoms with Gasteiger partial charge in [-0.25, -0.2) is 19.3 Å². The van der Waals surface area contributed by atoms with Gasteiger partial charge < -0.3 is 10.4 Å². The van der Waals surface area contributed by atoms with Crippen LogP contribution in [0.3, 0.4) is 0 Å². The van der Waals surface area contributed by atoms with Crippen LogP contribution in [0.2, 0.25) is 0 Å². The Morgan fingerprint density at radius 2 is 2.32 bits per heavy atom. The molecule has 0 aliphatic carbocycles. The minimum absolute atomic E-state index is 0.0319. The molecule has 3 N–H and O–H groups in total. The van der Waals surface area contributed by atoms with Gasteiger partial charge >= 0.3 is 12.0 Å². The minimum Gasteiger partial charge on any atom is -0.476 e. The van der Waals surface area contributed by atoms with Gasteiger partial charge in [0.25, 0.3) is 0 Å². The molecule has 2 heterocycles. The van der Waals surface area contributed by atoms with Gasteiger partial charge in [-0.3, -0.25) is 5.32 Å². The number of aromatic carboxylic acids is 1. The molecule has 100 valence electrons. The Kier molecular flexibility index (Phi) is 3.71. The number of hydrogen-bond donors (Lipinski definition) is 3. The quantitative estimate of drug-likeness (QED) is 0.741. The highest BCUT2D eigenvalue weighted by Crippen LogP contribution is 2.09. The van der Waals surface area contributed by atoms with Gasteiger partial charge in [0.05, 0.1) is 6.54 Å². The lowest BCUT2D eigenvalue weighted by atomic mass is 10.5. The summed E-state index contributed by atoms with van der Waals surface area (Å²) in [6.45, 7) is 0.141. The van der Waals surface area contributed by atoms with E-state index in [1.807, 2.05) is 0 Å². The molecule has 0 aliphatic rings. The van der Waals surface area contributed by atoms with E-state index >= 15 is 0 Å². The molecule has 2 amide bonds. The largest absolute Gasteiger partial charge is 0.476 e. The van der Waals surface area contributed by atoms with Crippen LogP contribution in [0, 0.1) is 0 Å². The predicted molar refractivity (Wildman–Crippen MR) is 65.9 cm³/mol. The first-order chi connectivity index (χ1) is 9.06. The van der Waals surface area contributed by atoms with E-state index in [-0.39, 0.29) is 12.2 Å². The second-order valence-corrected chi connectivity index (χ2v) is 4.39. The lowest BCUT2D eigenvalue weighted by Gasteiger charge is -2.04. The number of carboxylic acids is 1. The number of aromatic nitrogens is 4. The fourth-order valence-corrected chi connectivity index (χ4v) is 1.91. The first kappa shape index (κ1) is 13.0. The molecule has 9 nitrogen and oxygen atoms in total. The van der Waals surface area contributed by atoms with Gasteiger partial charge in [0.15, 0.2) is 5.69 Å². The Hall–Kier alpha value is -2.49. The van der Waals surface area contributed by atoms with Gasteiger partial charge in [0.1, 0.15) is 11.3 Å². The molecule has 0 spiro atoms. The number of rotatable bonds is 4. The van der Waals surface area contributed by atoms with E-state index < -0.39 is 12.0 Å². The topological polar surface area (TPSA) is 122 Å². The third-order valence-electron chi connectivity index (χ3n) is 2.11. The predicted octanol–water partition coefficient (Wildman–Crippen LogP) is 0.292. The third-order valence-corrected chi connectivity index (χ3v) is 2.96.